The first kappa shape index (κ1) is 22.4. The van der Waals surface area contributed by atoms with Crippen molar-refractivity contribution in [3.63, 3.8) is 0 Å². The summed E-state index contributed by atoms with van der Waals surface area (Å²) in [7, 11) is 3.02. The van der Waals surface area contributed by atoms with E-state index in [4.69, 9.17) is 27.8 Å². The van der Waals surface area contributed by atoms with Crippen molar-refractivity contribution < 1.29 is 22.8 Å². The number of hydrogen-bond acceptors (Lipinski definition) is 5. The summed E-state index contributed by atoms with van der Waals surface area (Å²) in [5.41, 5.74) is 1.33. The monoisotopic (exact) mass is 423 g/mol. The van der Waals surface area contributed by atoms with Crippen LogP contribution in [0.5, 0.6) is 0 Å². The standard InChI is InChI=1S/C20H20F3N3O2S/c1-12(13-7-6-8-14(11-13)20(21,22)23)18(28-24)16-10-5-4-9-15(16)17(26-27-3)19(29)25-2/h4-11H,24H2,1-3H3,(H,25,29). The van der Waals surface area contributed by atoms with Crippen molar-refractivity contribution in [1.29, 1.82) is 0 Å². The van der Waals surface area contributed by atoms with Crippen LogP contribution in [0.3, 0.4) is 0 Å². The van der Waals surface area contributed by atoms with Gasteiger partial charge in [0.15, 0.2) is 5.76 Å². The maximum absolute atomic E-state index is 13.1. The molecule has 2 aromatic carbocycles. The van der Waals surface area contributed by atoms with E-state index in [2.05, 4.69) is 10.5 Å². The SMILES string of the molecule is CNC(=S)C(=NOC)c1ccccc1C(ON)=C(C)c1cccc(C(F)(F)F)c1. The molecule has 0 amide bonds. The quantitative estimate of drug-likeness (QED) is 0.237. The van der Waals surface area contributed by atoms with Gasteiger partial charge in [0.1, 0.15) is 17.8 Å². The zero-order chi connectivity index (χ0) is 21.6. The molecule has 29 heavy (non-hydrogen) atoms. The Morgan fingerprint density at radius 2 is 1.76 bits per heavy atom. The average molecular weight is 423 g/mol. The van der Waals surface area contributed by atoms with Crippen molar-refractivity contribution in [1.82, 2.24) is 5.32 Å². The molecule has 0 saturated heterocycles. The first-order valence-electron chi connectivity index (χ1n) is 8.42. The molecule has 154 valence electrons. The highest BCUT2D eigenvalue weighted by Crippen LogP contribution is 2.33. The summed E-state index contributed by atoms with van der Waals surface area (Å²) in [5.74, 6) is 5.70. The third kappa shape index (κ3) is 5.12. The topological polar surface area (TPSA) is 68.9 Å². The zero-order valence-electron chi connectivity index (χ0n) is 16.0. The lowest BCUT2D eigenvalue weighted by Gasteiger charge is -2.17. The van der Waals surface area contributed by atoms with Crippen molar-refractivity contribution in [2.75, 3.05) is 14.2 Å². The summed E-state index contributed by atoms with van der Waals surface area (Å²) in [6.07, 6.45) is -4.46. The van der Waals surface area contributed by atoms with Gasteiger partial charge < -0.3 is 15.0 Å². The van der Waals surface area contributed by atoms with E-state index in [1.807, 2.05) is 0 Å². The number of hydrogen-bond donors (Lipinski definition) is 2. The number of allylic oxidation sites excluding steroid dienone is 1. The second kappa shape index (κ2) is 9.53. The first-order valence-corrected chi connectivity index (χ1v) is 8.83. The van der Waals surface area contributed by atoms with Gasteiger partial charge >= 0.3 is 6.18 Å². The van der Waals surface area contributed by atoms with Crippen molar-refractivity contribution in [3.8, 4) is 0 Å². The van der Waals surface area contributed by atoms with Crippen molar-refractivity contribution in [3.05, 3.63) is 70.8 Å². The Hall–Kier alpha value is -2.91. The molecular formula is C20H20F3N3O2S. The van der Waals surface area contributed by atoms with E-state index in [0.717, 1.165) is 12.1 Å². The molecule has 0 atom stereocenters. The molecule has 0 radical (unpaired) electrons. The maximum atomic E-state index is 13.1. The van der Waals surface area contributed by atoms with Crippen LogP contribution < -0.4 is 11.2 Å². The van der Waals surface area contributed by atoms with Gasteiger partial charge in [-0.05, 0) is 24.6 Å². The van der Waals surface area contributed by atoms with Gasteiger partial charge in [-0.2, -0.15) is 19.1 Å². The molecule has 5 nitrogen and oxygen atoms in total. The van der Waals surface area contributed by atoms with Crippen LogP contribution in [0.1, 0.15) is 29.2 Å². The highest BCUT2D eigenvalue weighted by Gasteiger charge is 2.30. The minimum atomic E-state index is -4.46. The van der Waals surface area contributed by atoms with Crippen LogP contribution in [0.25, 0.3) is 11.3 Å². The number of rotatable bonds is 6. The molecular weight excluding hydrogens is 403 g/mol. The summed E-state index contributed by atoms with van der Waals surface area (Å²) in [5, 5.41) is 6.79. The third-order valence-electron chi connectivity index (χ3n) is 4.13. The van der Waals surface area contributed by atoms with E-state index < -0.39 is 11.7 Å². The minimum absolute atomic E-state index is 0.183. The van der Waals surface area contributed by atoms with Gasteiger partial charge in [-0.3, -0.25) is 0 Å². The predicted molar refractivity (Wildman–Crippen MR) is 111 cm³/mol. The number of halogens is 3. The predicted octanol–water partition coefficient (Wildman–Crippen LogP) is 4.38. The van der Waals surface area contributed by atoms with Crippen LogP contribution in [-0.4, -0.2) is 24.9 Å². The average Bonchev–Trinajstić information content (AvgIpc) is 2.72. The highest BCUT2D eigenvalue weighted by molar-refractivity contribution is 7.82. The van der Waals surface area contributed by atoms with Crippen LogP contribution in [0.2, 0.25) is 0 Å². The zero-order valence-corrected chi connectivity index (χ0v) is 16.8. The lowest BCUT2D eigenvalue weighted by atomic mass is 9.95. The molecule has 0 aliphatic rings. The van der Waals surface area contributed by atoms with Crippen LogP contribution in [0.15, 0.2) is 53.7 Å². The number of nitrogens with one attached hydrogen (secondary N) is 1. The second-order valence-electron chi connectivity index (χ2n) is 5.90. The normalized spacial score (nSPS) is 12.9. The van der Waals surface area contributed by atoms with Crippen molar-refractivity contribution in [2.45, 2.75) is 13.1 Å². The van der Waals surface area contributed by atoms with Gasteiger partial charge in [0, 0.05) is 23.7 Å². The summed E-state index contributed by atoms with van der Waals surface area (Å²) >= 11 is 5.29. The number of likely N-dealkylation sites (N-methyl/N-ethyl adjacent to an activating group) is 1. The maximum Gasteiger partial charge on any atom is 0.416 e. The van der Waals surface area contributed by atoms with Crippen molar-refractivity contribution >= 4 is 34.3 Å². The Morgan fingerprint density at radius 1 is 1.10 bits per heavy atom. The minimum Gasteiger partial charge on any atom is -0.411 e. The van der Waals surface area contributed by atoms with E-state index in [1.54, 1.807) is 44.3 Å². The van der Waals surface area contributed by atoms with Gasteiger partial charge in [0.2, 0.25) is 0 Å². The molecule has 2 aromatic rings. The van der Waals surface area contributed by atoms with Crippen molar-refractivity contribution in [2.24, 2.45) is 11.1 Å². The smallest absolute Gasteiger partial charge is 0.411 e. The molecule has 3 N–H and O–H groups in total. The van der Waals surface area contributed by atoms with E-state index in [1.165, 1.54) is 13.2 Å². The summed E-state index contributed by atoms with van der Waals surface area (Å²) < 4.78 is 39.3. The Morgan fingerprint density at radius 3 is 2.31 bits per heavy atom. The summed E-state index contributed by atoms with van der Waals surface area (Å²) in [6.45, 7) is 1.62. The van der Waals surface area contributed by atoms with Gasteiger partial charge in [0.25, 0.3) is 0 Å². The summed E-state index contributed by atoms with van der Waals surface area (Å²) in [4.78, 5) is 10.3. The van der Waals surface area contributed by atoms with Crippen LogP contribution >= 0.6 is 12.2 Å². The molecule has 9 heteroatoms. The fourth-order valence-electron chi connectivity index (χ4n) is 2.72. The molecule has 0 aliphatic heterocycles. The molecule has 0 spiro atoms. The molecule has 0 aliphatic carbocycles. The van der Waals surface area contributed by atoms with Gasteiger partial charge in [0.05, 0.1) is 5.56 Å². The van der Waals surface area contributed by atoms with Crippen LogP contribution in [-0.2, 0) is 15.9 Å². The van der Waals surface area contributed by atoms with E-state index >= 15 is 0 Å². The second-order valence-corrected chi connectivity index (χ2v) is 6.31. The van der Waals surface area contributed by atoms with E-state index in [9.17, 15) is 13.2 Å². The lowest BCUT2D eigenvalue weighted by molar-refractivity contribution is -0.137. The molecule has 0 unspecified atom stereocenters. The Bertz CT molecular complexity index is 956. The van der Waals surface area contributed by atoms with Gasteiger partial charge in [-0.15, -0.1) is 0 Å². The molecule has 0 bridgehead atoms. The van der Waals surface area contributed by atoms with E-state index in [-0.39, 0.29) is 5.76 Å². The van der Waals surface area contributed by atoms with Gasteiger partial charge in [-0.25, -0.2) is 0 Å². The largest absolute Gasteiger partial charge is 0.416 e. The molecule has 0 aromatic heterocycles. The third-order valence-corrected chi connectivity index (χ3v) is 4.53. The molecule has 2 rings (SSSR count). The Kier molecular flexibility index (Phi) is 7.35. The van der Waals surface area contributed by atoms with Crippen LogP contribution in [0, 0.1) is 0 Å². The number of benzene rings is 2. The first-order chi connectivity index (χ1) is 13.7. The Labute approximate surface area is 171 Å². The Balaban J connectivity index is 2.69. The lowest BCUT2D eigenvalue weighted by Crippen LogP contribution is -2.27. The number of nitrogens with zero attached hydrogens (tertiary/aromatic N) is 1. The van der Waals surface area contributed by atoms with E-state index in [0.29, 0.717) is 33.0 Å². The summed E-state index contributed by atoms with van der Waals surface area (Å²) in [6, 6.07) is 11.9. The number of nitrogens with two attached hydrogens (primary N) is 1. The fraction of sp³-hybridized carbons (Fsp3) is 0.200. The number of thiocarbonyl (C=S) groups is 1. The van der Waals surface area contributed by atoms with Crippen LogP contribution in [0.4, 0.5) is 13.2 Å². The number of oxime groups is 1. The number of alkyl halides is 3. The molecule has 0 saturated carbocycles. The highest BCUT2D eigenvalue weighted by atomic mass is 32.1. The molecule has 0 fully saturated rings. The van der Waals surface area contributed by atoms with Gasteiger partial charge in [-0.1, -0.05) is 53.8 Å². The molecule has 0 heterocycles. The fourth-order valence-corrected chi connectivity index (χ4v) is 2.87.